The van der Waals surface area contributed by atoms with Crippen molar-refractivity contribution in [1.29, 1.82) is 0 Å². The lowest BCUT2D eigenvalue weighted by molar-refractivity contribution is 0.614. The molecule has 98 valence electrons. The molecule has 0 aromatic carbocycles. The van der Waals surface area contributed by atoms with E-state index in [2.05, 4.69) is 33.5 Å². The van der Waals surface area contributed by atoms with Gasteiger partial charge in [-0.3, -0.25) is 0 Å². The molecule has 4 nitrogen and oxygen atoms in total. The van der Waals surface area contributed by atoms with E-state index in [0.29, 0.717) is 6.04 Å². The molecule has 1 atom stereocenters. The molecule has 18 heavy (non-hydrogen) atoms. The number of aryl methyl sites for hydroxylation is 1. The summed E-state index contributed by atoms with van der Waals surface area (Å²) in [6, 6.07) is 0.439. The summed E-state index contributed by atoms with van der Waals surface area (Å²) in [5.41, 5.74) is 1.01. The average Bonchev–Trinajstić information content (AvgIpc) is 2.73. The van der Waals surface area contributed by atoms with Gasteiger partial charge < -0.3 is 5.32 Å². The summed E-state index contributed by atoms with van der Waals surface area (Å²) in [4.78, 5) is 9.57. The minimum Gasteiger partial charge on any atom is -0.367 e. The summed E-state index contributed by atoms with van der Waals surface area (Å²) in [5, 5.41) is 4.56. The highest BCUT2D eigenvalue weighted by atomic mass is 32.1. The van der Waals surface area contributed by atoms with Gasteiger partial charge in [0.2, 0.25) is 0 Å². The van der Waals surface area contributed by atoms with Crippen molar-refractivity contribution in [2.45, 2.75) is 52.5 Å². The molecule has 0 saturated heterocycles. The number of nitrogens with zero attached hydrogens (tertiary/aromatic N) is 3. The average molecular weight is 264 g/mol. The van der Waals surface area contributed by atoms with Crippen molar-refractivity contribution in [3.63, 3.8) is 0 Å². The van der Waals surface area contributed by atoms with Gasteiger partial charge >= 0.3 is 0 Å². The largest absolute Gasteiger partial charge is 0.367 e. The summed E-state index contributed by atoms with van der Waals surface area (Å²) >= 11 is 1.44. The van der Waals surface area contributed by atoms with Gasteiger partial charge in [-0.2, -0.15) is 4.37 Å². The number of unbranched alkanes of at least 4 members (excludes halogenated alkanes) is 2. The Morgan fingerprint density at radius 2 is 2.17 bits per heavy atom. The van der Waals surface area contributed by atoms with Crippen molar-refractivity contribution < 1.29 is 0 Å². The Bertz CT molecular complexity index is 509. The lowest BCUT2D eigenvalue weighted by Crippen LogP contribution is -2.16. The third-order valence-electron chi connectivity index (χ3n) is 3.07. The van der Waals surface area contributed by atoms with Crippen LogP contribution in [0.2, 0.25) is 0 Å². The Kier molecular flexibility index (Phi) is 4.47. The molecule has 0 fully saturated rings. The first-order valence-corrected chi connectivity index (χ1v) is 7.33. The molecule has 0 aliphatic heterocycles. The molecule has 0 saturated carbocycles. The lowest BCUT2D eigenvalue weighted by Gasteiger charge is -2.14. The monoisotopic (exact) mass is 264 g/mol. The van der Waals surface area contributed by atoms with E-state index in [4.69, 9.17) is 0 Å². The van der Waals surface area contributed by atoms with E-state index in [1.807, 2.05) is 6.92 Å². The zero-order valence-corrected chi connectivity index (χ0v) is 12.0. The number of hydrogen-bond donors (Lipinski definition) is 1. The minimum atomic E-state index is 0.439. The standard InChI is InChI=1S/C13H20N4S/c1-4-5-6-7-9(2)16-12-11-10(3)17-18-13(11)15-8-14-12/h8-9H,4-7H2,1-3H3,(H,14,15,16). The van der Waals surface area contributed by atoms with Crippen LogP contribution >= 0.6 is 11.5 Å². The molecule has 1 N–H and O–H groups in total. The third-order valence-corrected chi connectivity index (χ3v) is 3.91. The molecule has 0 radical (unpaired) electrons. The first-order valence-electron chi connectivity index (χ1n) is 6.56. The predicted octanol–water partition coefficient (Wildman–Crippen LogP) is 3.78. The van der Waals surface area contributed by atoms with Gasteiger partial charge in [0.1, 0.15) is 17.0 Å². The molecule has 2 heterocycles. The predicted molar refractivity (Wildman–Crippen MR) is 77.2 cm³/mol. The van der Waals surface area contributed by atoms with Crippen molar-refractivity contribution >= 4 is 27.6 Å². The first-order chi connectivity index (χ1) is 8.72. The molecule has 5 heteroatoms. The lowest BCUT2D eigenvalue weighted by atomic mass is 10.1. The van der Waals surface area contributed by atoms with Crippen LogP contribution in [0.3, 0.4) is 0 Å². The van der Waals surface area contributed by atoms with Gasteiger partial charge in [0.15, 0.2) is 0 Å². The molecule has 2 aromatic rings. The minimum absolute atomic E-state index is 0.439. The summed E-state index contributed by atoms with van der Waals surface area (Å²) in [7, 11) is 0. The normalized spacial score (nSPS) is 12.8. The van der Waals surface area contributed by atoms with E-state index < -0.39 is 0 Å². The molecule has 0 aliphatic carbocycles. The van der Waals surface area contributed by atoms with Gasteiger partial charge in [0.25, 0.3) is 0 Å². The molecular weight excluding hydrogens is 244 g/mol. The fraction of sp³-hybridized carbons (Fsp3) is 0.615. The van der Waals surface area contributed by atoms with Crippen LogP contribution in [0.15, 0.2) is 6.33 Å². The van der Waals surface area contributed by atoms with Crippen LogP contribution in [0.4, 0.5) is 5.82 Å². The van der Waals surface area contributed by atoms with E-state index >= 15 is 0 Å². The quantitative estimate of drug-likeness (QED) is 0.807. The number of anilines is 1. The van der Waals surface area contributed by atoms with E-state index in [1.54, 1.807) is 6.33 Å². The van der Waals surface area contributed by atoms with E-state index in [-0.39, 0.29) is 0 Å². The Labute approximate surface area is 112 Å². The highest BCUT2D eigenvalue weighted by molar-refractivity contribution is 7.13. The van der Waals surface area contributed by atoms with E-state index in [0.717, 1.165) is 21.7 Å². The highest BCUT2D eigenvalue weighted by Crippen LogP contribution is 2.26. The fourth-order valence-corrected chi connectivity index (χ4v) is 2.78. The van der Waals surface area contributed by atoms with Crippen molar-refractivity contribution in [3.8, 4) is 0 Å². The van der Waals surface area contributed by atoms with E-state index in [1.165, 1.54) is 37.2 Å². The van der Waals surface area contributed by atoms with Crippen LogP contribution in [0.5, 0.6) is 0 Å². The molecule has 0 spiro atoms. The van der Waals surface area contributed by atoms with Gasteiger partial charge in [-0.15, -0.1) is 0 Å². The van der Waals surface area contributed by atoms with E-state index in [9.17, 15) is 0 Å². The molecular formula is C13H20N4S. The third kappa shape index (κ3) is 2.96. The number of rotatable bonds is 6. The Morgan fingerprint density at radius 3 is 2.94 bits per heavy atom. The van der Waals surface area contributed by atoms with Gasteiger partial charge in [-0.05, 0) is 31.8 Å². The smallest absolute Gasteiger partial charge is 0.149 e. The van der Waals surface area contributed by atoms with Crippen LogP contribution in [0.25, 0.3) is 10.2 Å². The Hall–Kier alpha value is -1.23. The Balaban J connectivity index is 2.09. The second-order valence-electron chi connectivity index (χ2n) is 4.71. The maximum absolute atomic E-state index is 4.35. The van der Waals surface area contributed by atoms with Crippen molar-refractivity contribution in [2.75, 3.05) is 5.32 Å². The molecule has 1 unspecified atom stereocenters. The van der Waals surface area contributed by atoms with Crippen molar-refractivity contribution in [1.82, 2.24) is 14.3 Å². The molecule has 0 bridgehead atoms. The summed E-state index contributed by atoms with van der Waals surface area (Å²) in [6.07, 6.45) is 6.61. The zero-order chi connectivity index (χ0) is 13.0. The second-order valence-corrected chi connectivity index (χ2v) is 5.46. The van der Waals surface area contributed by atoms with Crippen LogP contribution in [0.1, 0.15) is 45.2 Å². The number of aromatic nitrogens is 3. The van der Waals surface area contributed by atoms with Crippen LogP contribution in [0, 0.1) is 6.92 Å². The molecule has 0 aliphatic rings. The van der Waals surface area contributed by atoms with Crippen LogP contribution < -0.4 is 5.32 Å². The topological polar surface area (TPSA) is 50.7 Å². The van der Waals surface area contributed by atoms with Crippen molar-refractivity contribution in [2.24, 2.45) is 0 Å². The molecule has 0 amide bonds. The van der Waals surface area contributed by atoms with Crippen LogP contribution in [-0.4, -0.2) is 20.4 Å². The first kappa shape index (κ1) is 13.2. The van der Waals surface area contributed by atoms with Crippen molar-refractivity contribution in [3.05, 3.63) is 12.0 Å². The fourth-order valence-electron chi connectivity index (χ4n) is 2.04. The summed E-state index contributed by atoms with van der Waals surface area (Å²) < 4.78 is 4.34. The maximum atomic E-state index is 4.35. The van der Waals surface area contributed by atoms with Gasteiger partial charge in [0, 0.05) is 6.04 Å². The maximum Gasteiger partial charge on any atom is 0.149 e. The summed E-state index contributed by atoms with van der Waals surface area (Å²) in [5.74, 6) is 0.926. The summed E-state index contributed by atoms with van der Waals surface area (Å²) in [6.45, 7) is 6.44. The van der Waals surface area contributed by atoms with Gasteiger partial charge in [-0.1, -0.05) is 26.2 Å². The molecule has 2 aromatic heterocycles. The number of nitrogens with one attached hydrogen (secondary N) is 1. The van der Waals surface area contributed by atoms with Crippen LogP contribution in [-0.2, 0) is 0 Å². The SMILES string of the molecule is CCCCCC(C)Nc1ncnc2snc(C)c12. The number of hydrogen-bond acceptors (Lipinski definition) is 5. The van der Waals surface area contributed by atoms with Gasteiger partial charge in [-0.25, -0.2) is 9.97 Å². The molecule has 2 rings (SSSR count). The van der Waals surface area contributed by atoms with Gasteiger partial charge in [0.05, 0.1) is 11.1 Å². The number of fused-ring (bicyclic) bond motifs is 1. The zero-order valence-electron chi connectivity index (χ0n) is 11.2. The Morgan fingerprint density at radius 1 is 1.33 bits per heavy atom. The second kappa shape index (κ2) is 6.09. The highest BCUT2D eigenvalue weighted by Gasteiger charge is 2.11.